The van der Waals surface area contributed by atoms with Gasteiger partial charge >= 0.3 is 0 Å². The first-order valence-corrected chi connectivity index (χ1v) is 6.35. The molecule has 1 aromatic heterocycles. The number of likely N-dealkylation sites (tertiary alicyclic amines) is 1. The fourth-order valence-electron chi connectivity index (χ4n) is 2.07. The third kappa shape index (κ3) is 3.54. The molecule has 4 nitrogen and oxygen atoms in total. The van der Waals surface area contributed by atoms with E-state index in [1.807, 2.05) is 0 Å². The summed E-state index contributed by atoms with van der Waals surface area (Å²) in [5, 5.41) is 3.77. The monoisotopic (exact) mass is 254 g/mol. The van der Waals surface area contributed by atoms with E-state index in [1.165, 1.54) is 25.9 Å². The van der Waals surface area contributed by atoms with Gasteiger partial charge in [0.2, 0.25) is 0 Å². The van der Waals surface area contributed by atoms with Crippen LogP contribution in [-0.2, 0) is 0 Å². The maximum Gasteiger partial charge on any atom is 0.149 e. The molecule has 2 rings (SSSR count). The predicted octanol–water partition coefficient (Wildman–Crippen LogP) is 2.27. The van der Waals surface area contributed by atoms with E-state index < -0.39 is 0 Å². The van der Waals surface area contributed by atoms with Gasteiger partial charge in [-0.3, -0.25) is 4.98 Å². The number of piperidine rings is 1. The van der Waals surface area contributed by atoms with Crippen molar-refractivity contribution in [3.8, 4) is 0 Å². The average Bonchev–Trinajstić information content (AvgIpc) is 2.31. The second-order valence-electron chi connectivity index (χ2n) is 5.19. The highest BCUT2D eigenvalue weighted by atomic mass is 35.5. The molecule has 2 heterocycles. The Hall–Kier alpha value is -0.870. The van der Waals surface area contributed by atoms with Gasteiger partial charge in [-0.05, 0) is 38.4 Å². The molecule has 0 spiro atoms. The summed E-state index contributed by atoms with van der Waals surface area (Å²) in [6, 6.07) is 0. The molecule has 1 aliphatic heterocycles. The molecule has 17 heavy (non-hydrogen) atoms. The number of rotatable bonds is 3. The molecular formula is C12H19ClN4. The lowest BCUT2D eigenvalue weighted by atomic mass is 9.80. The predicted molar refractivity (Wildman–Crippen MR) is 70.4 cm³/mol. The average molecular weight is 255 g/mol. The Balaban J connectivity index is 1.89. The molecule has 5 heteroatoms. The Kier molecular flexibility index (Phi) is 3.84. The maximum atomic E-state index is 5.80. The molecule has 0 amide bonds. The molecule has 0 bridgehead atoms. The fraction of sp³-hybridized carbons (Fsp3) is 0.667. The number of anilines is 1. The first kappa shape index (κ1) is 12.6. The van der Waals surface area contributed by atoms with Gasteiger partial charge in [-0.1, -0.05) is 18.5 Å². The lowest BCUT2D eigenvalue weighted by Gasteiger charge is -2.38. The van der Waals surface area contributed by atoms with Crippen LogP contribution in [0.5, 0.6) is 0 Å². The zero-order chi connectivity index (χ0) is 12.3. The third-order valence-electron chi connectivity index (χ3n) is 3.50. The number of aromatic nitrogens is 2. The molecule has 1 aliphatic rings. The Morgan fingerprint density at radius 1 is 1.41 bits per heavy atom. The van der Waals surface area contributed by atoms with Crippen molar-refractivity contribution in [2.45, 2.75) is 19.8 Å². The molecule has 0 aliphatic carbocycles. The van der Waals surface area contributed by atoms with Crippen LogP contribution >= 0.6 is 11.6 Å². The highest BCUT2D eigenvalue weighted by molar-refractivity contribution is 6.29. The smallest absolute Gasteiger partial charge is 0.149 e. The van der Waals surface area contributed by atoms with Gasteiger partial charge < -0.3 is 10.2 Å². The number of hydrogen-bond acceptors (Lipinski definition) is 4. The molecular weight excluding hydrogens is 236 g/mol. The summed E-state index contributed by atoms with van der Waals surface area (Å²) in [5.41, 5.74) is 0.344. The summed E-state index contributed by atoms with van der Waals surface area (Å²) in [4.78, 5) is 10.6. The van der Waals surface area contributed by atoms with Gasteiger partial charge in [0.15, 0.2) is 0 Å². The van der Waals surface area contributed by atoms with Crippen molar-refractivity contribution in [3.63, 3.8) is 0 Å². The minimum atomic E-state index is 0.344. The minimum Gasteiger partial charge on any atom is -0.368 e. The van der Waals surface area contributed by atoms with E-state index in [9.17, 15) is 0 Å². The van der Waals surface area contributed by atoms with Crippen molar-refractivity contribution in [2.75, 3.05) is 32.0 Å². The Bertz CT molecular complexity index is 375. The maximum absolute atomic E-state index is 5.80. The normalized spacial score (nSPS) is 20.2. The second kappa shape index (κ2) is 5.19. The summed E-state index contributed by atoms with van der Waals surface area (Å²) in [6.45, 7) is 5.58. The zero-order valence-electron chi connectivity index (χ0n) is 10.4. The van der Waals surface area contributed by atoms with E-state index >= 15 is 0 Å². The Labute approximate surface area is 107 Å². The zero-order valence-corrected chi connectivity index (χ0v) is 11.2. The summed E-state index contributed by atoms with van der Waals surface area (Å²) in [6.07, 6.45) is 5.68. The van der Waals surface area contributed by atoms with Crippen LogP contribution in [0, 0.1) is 5.41 Å². The van der Waals surface area contributed by atoms with E-state index in [-0.39, 0.29) is 0 Å². The minimum absolute atomic E-state index is 0.344. The molecule has 0 aromatic carbocycles. The summed E-state index contributed by atoms with van der Waals surface area (Å²) >= 11 is 5.80. The molecule has 0 unspecified atom stereocenters. The topological polar surface area (TPSA) is 41.0 Å². The van der Waals surface area contributed by atoms with Crippen molar-refractivity contribution >= 4 is 17.4 Å². The van der Waals surface area contributed by atoms with Gasteiger partial charge in [0.25, 0.3) is 0 Å². The first-order valence-electron chi connectivity index (χ1n) is 5.97. The van der Waals surface area contributed by atoms with E-state index in [0.717, 1.165) is 12.4 Å². The molecule has 0 atom stereocenters. The Morgan fingerprint density at radius 2 is 2.12 bits per heavy atom. The number of halogens is 1. The standard InChI is InChI=1S/C12H19ClN4/c1-12(3-5-17(2)6-4-12)9-15-11-8-14-7-10(13)16-11/h7-8H,3-6,9H2,1-2H3,(H,15,16). The van der Waals surface area contributed by atoms with Crippen LogP contribution < -0.4 is 5.32 Å². The highest BCUT2D eigenvalue weighted by Gasteiger charge is 2.28. The summed E-state index contributed by atoms with van der Waals surface area (Å²) in [7, 11) is 2.18. The highest BCUT2D eigenvalue weighted by Crippen LogP contribution is 2.30. The van der Waals surface area contributed by atoms with Gasteiger partial charge in [0.05, 0.1) is 12.4 Å². The van der Waals surface area contributed by atoms with Gasteiger partial charge in [-0.25, -0.2) is 4.98 Å². The largest absolute Gasteiger partial charge is 0.368 e. The third-order valence-corrected chi connectivity index (χ3v) is 3.68. The van der Waals surface area contributed by atoms with Crippen LogP contribution in [0.15, 0.2) is 12.4 Å². The summed E-state index contributed by atoms with van der Waals surface area (Å²) < 4.78 is 0. The molecule has 94 valence electrons. The molecule has 0 radical (unpaired) electrons. The van der Waals surface area contributed by atoms with E-state index in [1.54, 1.807) is 12.4 Å². The number of nitrogens with zero attached hydrogens (tertiary/aromatic N) is 3. The molecule has 1 fully saturated rings. The molecule has 1 N–H and O–H groups in total. The van der Waals surface area contributed by atoms with E-state index in [4.69, 9.17) is 11.6 Å². The van der Waals surface area contributed by atoms with Gasteiger partial charge in [-0.2, -0.15) is 0 Å². The number of hydrogen-bond donors (Lipinski definition) is 1. The van der Waals surface area contributed by atoms with Gasteiger partial charge in [0, 0.05) is 6.54 Å². The SMILES string of the molecule is CN1CCC(C)(CNc2cncc(Cl)n2)CC1. The van der Waals surface area contributed by atoms with Crippen LogP contribution in [-0.4, -0.2) is 41.5 Å². The van der Waals surface area contributed by atoms with E-state index in [0.29, 0.717) is 10.6 Å². The van der Waals surface area contributed by atoms with Crippen molar-refractivity contribution in [3.05, 3.63) is 17.5 Å². The molecule has 1 aromatic rings. The van der Waals surface area contributed by atoms with Crippen molar-refractivity contribution in [2.24, 2.45) is 5.41 Å². The van der Waals surface area contributed by atoms with Gasteiger partial charge in [0.1, 0.15) is 11.0 Å². The quantitative estimate of drug-likeness (QED) is 0.899. The Morgan fingerprint density at radius 3 is 2.76 bits per heavy atom. The molecule has 0 saturated carbocycles. The van der Waals surface area contributed by atoms with Crippen LogP contribution in [0.25, 0.3) is 0 Å². The number of nitrogens with one attached hydrogen (secondary N) is 1. The van der Waals surface area contributed by atoms with Crippen molar-refractivity contribution in [1.82, 2.24) is 14.9 Å². The lowest BCUT2D eigenvalue weighted by Crippen LogP contribution is -2.40. The van der Waals surface area contributed by atoms with Crippen LogP contribution in [0.3, 0.4) is 0 Å². The molecule has 1 saturated heterocycles. The van der Waals surface area contributed by atoms with Gasteiger partial charge in [-0.15, -0.1) is 0 Å². The summed E-state index contributed by atoms with van der Waals surface area (Å²) in [5.74, 6) is 0.762. The van der Waals surface area contributed by atoms with Crippen LogP contribution in [0.2, 0.25) is 5.15 Å². The first-order chi connectivity index (χ1) is 8.07. The second-order valence-corrected chi connectivity index (χ2v) is 5.58. The fourth-order valence-corrected chi connectivity index (χ4v) is 2.21. The van der Waals surface area contributed by atoms with Crippen molar-refractivity contribution < 1.29 is 0 Å². The van der Waals surface area contributed by atoms with Crippen LogP contribution in [0.1, 0.15) is 19.8 Å². The lowest BCUT2D eigenvalue weighted by molar-refractivity contribution is 0.150. The van der Waals surface area contributed by atoms with E-state index in [2.05, 4.69) is 34.2 Å². The van der Waals surface area contributed by atoms with Crippen molar-refractivity contribution in [1.29, 1.82) is 0 Å². The van der Waals surface area contributed by atoms with Crippen LogP contribution in [0.4, 0.5) is 5.82 Å².